The number of ether oxygens (including phenoxy) is 1. The van der Waals surface area contributed by atoms with Gasteiger partial charge < -0.3 is 9.64 Å². The highest BCUT2D eigenvalue weighted by molar-refractivity contribution is 7.89. The van der Waals surface area contributed by atoms with Crippen LogP contribution < -0.4 is 4.74 Å². The van der Waals surface area contributed by atoms with Gasteiger partial charge in [-0.1, -0.05) is 12.1 Å². The zero-order valence-electron chi connectivity index (χ0n) is 15.2. The van der Waals surface area contributed by atoms with Crippen LogP contribution in [0.1, 0.15) is 5.56 Å². The minimum absolute atomic E-state index is 0.00199. The van der Waals surface area contributed by atoms with Gasteiger partial charge in [-0.2, -0.15) is 13.1 Å². The molecule has 0 radical (unpaired) electrons. The third kappa shape index (κ3) is 5.70. The molecule has 0 aliphatic heterocycles. The Bertz CT molecular complexity index is 903. The maximum Gasteiger partial charge on any atom is 0.387 e. The van der Waals surface area contributed by atoms with Gasteiger partial charge in [0.1, 0.15) is 11.6 Å². The molecule has 0 spiro atoms. The van der Waals surface area contributed by atoms with Gasteiger partial charge in [-0.05, 0) is 42.0 Å². The number of hydrogen-bond acceptors (Lipinski definition) is 4. The van der Waals surface area contributed by atoms with E-state index < -0.39 is 34.9 Å². The lowest BCUT2D eigenvalue weighted by atomic mass is 10.2. The molecule has 1 amide bonds. The molecule has 2 aromatic rings. The second kappa shape index (κ2) is 9.07. The Morgan fingerprint density at radius 2 is 1.61 bits per heavy atom. The Balaban J connectivity index is 1.98. The topological polar surface area (TPSA) is 66.9 Å². The van der Waals surface area contributed by atoms with Crippen molar-refractivity contribution in [2.45, 2.75) is 18.1 Å². The largest absolute Gasteiger partial charge is 0.435 e. The summed E-state index contributed by atoms with van der Waals surface area (Å²) < 4.78 is 67.3. The molecule has 0 aromatic heterocycles. The second-order valence-corrected chi connectivity index (χ2v) is 8.03. The van der Waals surface area contributed by atoms with Crippen molar-refractivity contribution in [1.82, 2.24) is 9.21 Å². The van der Waals surface area contributed by atoms with Gasteiger partial charge in [-0.15, -0.1) is 0 Å². The van der Waals surface area contributed by atoms with Gasteiger partial charge in [0.25, 0.3) is 0 Å². The van der Waals surface area contributed by atoms with Crippen LogP contribution in [0, 0.1) is 5.82 Å². The summed E-state index contributed by atoms with van der Waals surface area (Å²) in [6.07, 6.45) is 0. The number of rotatable bonds is 8. The SMILES string of the molecule is CN(Cc1ccc(OC(F)F)cc1)C(=O)CN(C)S(=O)(=O)c1ccc(F)cc1. The highest BCUT2D eigenvalue weighted by Gasteiger charge is 2.24. The van der Waals surface area contributed by atoms with E-state index in [1.54, 1.807) is 0 Å². The second-order valence-electron chi connectivity index (χ2n) is 5.99. The number of hydrogen-bond donors (Lipinski definition) is 0. The van der Waals surface area contributed by atoms with Crippen molar-refractivity contribution < 1.29 is 31.1 Å². The van der Waals surface area contributed by atoms with E-state index >= 15 is 0 Å². The normalized spacial score (nSPS) is 11.7. The highest BCUT2D eigenvalue weighted by Crippen LogP contribution is 2.17. The monoisotopic (exact) mass is 416 g/mol. The van der Waals surface area contributed by atoms with Crippen LogP contribution in [0.4, 0.5) is 13.2 Å². The van der Waals surface area contributed by atoms with E-state index in [1.807, 2.05) is 0 Å². The Labute approximate surface area is 161 Å². The van der Waals surface area contributed by atoms with E-state index in [4.69, 9.17) is 0 Å². The van der Waals surface area contributed by atoms with Gasteiger partial charge in [-0.25, -0.2) is 12.8 Å². The molecule has 152 valence electrons. The van der Waals surface area contributed by atoms with Gasteiger partial charge in [0.05, 0.1) is 11.4 Å². The number of likely N-dealkylation sites (N-methyl/N-ethyl adjacent to an activating group) is 2. The number of nitrogens with zero attached hydrogens (tertiary/aromatic N) is 2. The van der Waals surface area contributed by atoms with Crippen molar-refractivity contribution in [1.29, 1.82) is 0 Å². The fourth-order valence-corrected chi connectivity index (χ4v) is 3.44. The average molecular weight is 416 g/mol. The lowest BCUT2D eigenvalue weighted by molar-refractivity contribution is -0.130. The molecule has 0 saturated carbocycles. The maximum absolute atomic E-state index is 13.0. The van der Waals surface area contributed by atoms with Crippen molar-refractivity contribution >= 4 is 15.9 Å². The first-order chi connectivity index (χ1) is 13.1. The predicted molar refractivity (Wildman–Crippen MR) is 95.8 cm³/mol. The lowest BCUT2D eigenvalue weighted by Crippen LogP contribution is -2.39. The van der Waals surface area contributed by atoms with E-state index in [1.165, 1.54) is 43.3 Å². The summed E-state index contributed by atoms with van der Waals surface area (Å²) in [7, 11) is -1.20. The number of carbonyl (C=O) groups is 1. The third-order valence-electron chi connectivity index (χ3n) is 3.87. The summed E-state index contributed by atoms with van der Waals surface area (Å²) in [6, 6.07) is 10.1. The molecule has 0 saturated heterocycles. The fourth-order valence-electron chi connectivity index (χ4n) is 2.32. The van der Waals surface area contributed by atoms with E-state index in [0.29, 0.717) is 5.56 Å². The minimum Gasteiger partial charge on any atom is -0.435 e. The number of carbonyl (C=O) groups excluding carboxylic acids is 1. The molecule has 0 fully saturated rings. The zero-order valence-corrected chi connectivity index (χ0v) is 16.0. The average Bonchev–Trinajstić information content (AvgIpc) is 2.63. The molecule has 0 atom stereocenters. The molecular weight excluding hydrogens is 397 g/mol. The van der Waals surface area contributed by atoms with E-state index in [0.717, 1.165) is 28.6 Å². The number of alkyl halides is 2. The van der Waals surface area contributed by atoms with Crippen LogP contribution in [0.3, 0.4) is 0 Å². The van der Waals surface area contributed by atoms with Crippen LogP contribution in [0.25, 0.3) is 0 Å². The van der Waals surface area contributed by atoms with Crippen LogP contribution >= 0.6 is 0 Å². The maximum atomic E-state index is 13.0. The first kappa shape index (κ1) is 21.7. The zero-order chi connectivity index (χ0) is 20.9. The molecule has 10 heteroatoms. The molecule has 6 nitrogen and oxygen atoms in total. The summed E-state index contributed by atoms with van der Waals surface area (Å²) in [5, 5.41) is 0. The van der Waals surface area contributed by atoms with Crippen molar-refractivity contribution in [3.05, 3.63) is 59.9 Å². The number of halogens is 3. The van der Waals surface area contributed by atoms with E-state index in [-0.39, 0.29) is 17.2 Å². The molecule has 28 heavy (non-hydrogen) atoms. The molecule has 0 heterocycles. The van der Waals surface area contributed by atoms with Gasteiger partial charge in [0.15, 0.2) is 0 Å². The summed E-state index contributed by atoms with van der Waals surface area (Å²) in [5.74, 6) is -1.04. The molecular formula is C18H19F3N2O4S. The fraction of sp³-hybridized carbons (Fsp3) is 0.278. The molecule has 2 rings (SSSR count). The molecule has 0 aliphatic carbocycles. The molecule has 0 aliphatic rings. The van der Waals surface area contributed by atoms with Gasteiger partial charge in [0, 0.05) is 20.6 Å². The van der Waals surface area contributed by atoms with Crippen LogP contribution in [0.2, 0.25) is 0 Å². The quantitative estimate of drug-likeness (QED) is 0.664. The molecule has 2 aromatic carbocycles. The van der Waals surface area contributed by atoms with E-state index in [2.05, 4.69) is 4.74 Å². The lowest BCUT2D eigenvalue weighted by Gasteiger charge is -2.22. The molecule has 0 N–H and O–H groups in total. The summed E-state index contributed by atoms with van der Waals surface area (Å²) in [4.78, 5) is 13.5. The van der Waals surface area contributed by atoms with Crippen LogP contribution in [-0.2, 0) is 21.4 Å². The van der Waals surface area contributed by atoms with Gasteiger partial charge in [-0.3, -0.25) is 4.79 Å². The Morgan fingerprint density at radius 3 is 2.14 bits per heavy atom. The first-order valence-corrected chi connectivity index (χ1v) is 9.53. The number of sulfonamides is 1. The Kier molecular flexibility index (Phi) is 7.03. The molecule has 0 bridgehead atoms. The first-order valence-electron chi connectivity index (χ1n) is 8.09. The standard InChI is InChI=1S/C18H19F3N2O4S/c1-22(11-13-3-7-15(8-4-13)27-18(20)21)17(24)12-23(2)28(25,26)16-9-5-14(19)6-10-16/h3-10,18H,11-12H2,1-2H3. The van der Waals surface area contributed by atoms with E-state index in [9.17, 15) is 26.4 Å². The minimum atomic E-state index is -3.94. The van der Waals surface area contributed by atoms with Gasteiger partial charge >= 0.3 is 6.61 Å². The summed E-state index contributed by atoms with van der Waals surface area (Å²) in [6.45, 7) is -3.19. The highest BCUT2D eigenvalue weighted by atomic mass is 32.2. The number of benzene rings is 2. The Hall–Kier alpha value is -2.59. The van der Waals surface area contributed by atoms with Crippen molar-refractivity contribution in [2.24, 2.45) is 0 Å². The number of amides is 1. The van der Waals surface area contributed by atoms with Crippen molar-refractivity contribution in [2.75, 3.05) is 20.6 Å². The predicted octanol–water partition coefficient (Wildman–Crippen LogP) is 2.71. The third-order valence-corrected chi connectivity index (χ3v) is 5.69. The van der Waals surface area contributed by atoms with Crippen molar-refractivity contribution in [3.8, 4) is 5.75 Å². The summed E-state index contributed by atoms with van der Waals surface area (Å²) >= 11 is 0. The van der Waals surface area contributed by atoms with Crippen LogP contribution in [-0.4, -0.2) is 50.8 Å². The van der Waals surface area contributed by atoms with Crippen molar-refractivity contribution in [3.63, 3.8) is 0 Å². The molecule has 0 unspecified atom stereocenters. The van der Waals surface area contributed by atoms with Crippen LogP contribution in [0.5, 0.6) is 5.75 Å². The Morgan fingerprint density at radius 1 is 1.04 bits per heavy atom. The van der Waals surface area contributed by atoms with Crippen LogP contribution in [0.15, 0.2) is 53.4 Å². The summed E-state index contributed by atoms with van der Waals surface area (Å²) in [5.41, 5.74) is 0.654. The smallest absolute Gasteiger partial charge is 0.387 e. The van der Waals surface area contributed by atoms with Gasteiger partial charge in [0.2, 0.25) is 15.9 Å².